The maximum Gasteiger partial charge on any atom is 0.433 e. The number of carbonyl (C=O) groups is 1. The van der Waals surface area contributed by atoms with Crippen LogP contribution in [0.25, 0.3) is 33.8 Å². The molecule has 0 unspecified atom stereocenters. The summed E-state index contributed by atoms with van der Waals surface area (Å²) in [5, 5.41) is 9.21. The standard InChI is InChI=1S/C24H12ClF6N3O2/c25-17-9-14(22(35)36)4-6-16(17)12-2-1-3-13(8-12)21-33-18(10-20(34-21)24(29,30)31)15-5-7-19(32-11-15)23(26,27)28/h1-11H,(H,35,36). The molecular weight excluding hydrogens is 512 g/mol. The third-order valence-corrected chi connectivity index (χ3v) is 5.33. The highest BCUT2D eigenvalue weighted by Gasteiger charge is 2.35. The van der Waals surface area contributed by atoms with Gasteiger partial charge >= 0.3 is 18.3 Å². The van der Waals surface area contributed by atoms with E-state index in [4.69, 9.17) is 16.7 Å². The van der Waals surface area contributed by atoms with Crippen LogP contribution in [-0.2, 0) is 12.4 Å². The van der Waals surface area contributed by atoms with Gasteiger partial charge in [-0.05, 0) is 42.0 Å². The predicted octanol–water partition coefficient (Wildman–Crippen LogP) is 7.26. The zero-order valence-electron chi connectivity index (χ0n) is 17.7. The molecule has 2 heterocycles. The van der Waals surface area contributed by atoms with Gasteiger partial charge in [-0.1, -0.05) is 35.9 Å². The van der Waals surface area contributed by atoms with Gasteiger partial charge in [0.2, 0.25) is 0 Å². The summed E-state index contributed by atoms with van der Waals surface area (Å²) in [4.78, 5) is 22.2. The third-order valence-electron chi connectivity index (χ3n) is 5.01. The lowest BCUT2D eigenvalue weighted by molar-refractivity contribution is -0.141. The molecule has 0 aliphatic heterocycles. The lowest BCUT2D eigenvalue weighted by Crippen LogP contribution is -2.11. The Labute approximate surface area is 204 Å². The highest BCUT2D eigenvalue weighted by molar-refractivity contribution is 6.33. The number of carboxylic acids is 1. The Morgan fingerprint density at radius 2 is 1.47 bits per heavy atom. The average Bonchev–Trinajstić information content (AvgIpc) is 2.82. The Hall–Kier alpha value is -3.99. The lowest BCUT2D eigenvalue weighted by atomic mass is 10.0. The number of hydrogen-bond acceptors (Lipinski definition) is 4. The summed E-state index contributed by atoms with van der Waals surface area (Å²) < 4.78 is 79.2. The normalized spacial score (nSPS) is 12.0. The maximum atomic E-state index is 13.6. The van der Waals surface area contributed by atoms with Gasteiger partial charge in [0.25, 0.3) is 0 Å². The van der Waals surface area contributed by atoms with Gasteiger partial charge in [-0.15, -0.1) is 0 Å². The first-order chi connectivity index (χ1) is 16.8. The summed E-state index contributed by atoms with van der Waals surface area (Å²) in [6.07, 6.45) is -8.79. The number of pyridine rings is 1. The van der Waals surface area contributed by atoms with Gasteiger partial charge < -0.3 is 5.11 Å². The van der Waals surface area contributed by atoms with Crippen molar-refractivity contribution < 1.29 is 36.2 Å². The van der Waals surface area contributed by atoms with E-state index in [1.165, 1.54) is 36.4 Å². The minimum Gasteiger partial charge on any atom is -0.478 e. The fourth-order valence-corrected chi connectivity index (χ4v) is 3.58. The first kappa shape index (κ1) is 25.1. The van der Waals surface area contributed by atoms with Crippen molar-refractivity contribution >= 4 is 17.6 Å². The van der Waals surface area contributed by atoms with Crippen LogP contribution in [0, 0.1) is 0 Å². The molecule has 12 heteroatoms. The molecule has 0 bridgehead atoms. The van der Waals surface area contributed by atoms with Crippen molar-refractivity contribution in [1.82, 2.24) is 15.0 Å². The molecule has 0 spiro atoms. The van der Waals surface area contributed by atoms with Crippen LogP contribution in [-0.4, -0.2) is 26.0 Å². The second-order valence-corrected chi connectivity index (χ2v) is 7.88. The quantitative estimate of drug-likeness (QED) is 0.285. The number of nitrogens with zero attached hydrogens (tertiary/aromatic N) is 3. The van der Waals surface area contributed by atoms with Crippen LogP contribution < -0.4 is 0 Å². The van der Waals surface area contributed by atoms with Gasteiger partial charge in [0, 0.05) is 27.9 Å². The van der Waals surface area contributed by atoms with E-state index in [1.54, 1.807) is 6.07 Å². The van der Waals surface area contributed by atoms with Gasteiger partial charge in [-0.2, -0.15) is 26.3 Å². The van der Waals surface area contributed by atoms with Crippen LogP contribution in [0.5, 0.6) is 0 Å². The number of halogens is 7. The Kier molecular flexibility index (Phi) is 6.44. The molecule has 4 aromatic rings. The molecule has 0 aliphatic rings. The summed E-state index contributed by atoms with van der Waals surface area (Å²) >= 11 is 6.21. The monoisotopic (exact) mass is 523 g/mol. The summed E-state index contributed by atoms with van der Waals surface area (Å²) in [5.74, 6) is -1.51. The van der Waals surface area contributed by atoms with E-state index in [-0.39, 0.29) is 33.2 Å². The molecule has 0 saturated heterocycles. The van der Waals surface area contributed by atoms with E-state index in [1.807, 2.05) is 0 Å². The number of rotatable bonds is 4. The third kappa shape index (κ3) is 5.30. The first-order valence-electron chi connectivity index (χ1n) is 9.96. The second kappa shape index (κ2) is 9.23. The smallest absolute Gasteiger partial charge is 0.433 e. The number of hydrogen-bond donors (Lipinski definition) is 1. The zero-order valence-corrected chi connectivity index (χ0v) is 18.4. The van der Waals surface area contributed by atoms with Crippen LogP contribution in [0.1, 0.15) is 21.7 Å². The fourth-order valence-electron chi connectivity index (χ4n) is 3.29. The van der Waals surface area contributed by atoms with Crippen LogP contribution in [0.4, 0.5) is 26.3 Å². The van der Waals surface area contributed by atoms with Crippen LogP contribution >= 0.6 is 11.6 Å². The van der Waals surface area contributed by atoms with Crippen molar-refractivity contribution in [2.24, 2.45) is 0 Å². The minimum absolute atomic E-state index is 0.0455. The molecule has 0 radical (unpaired) electrons. The number of aromatic carboxylic acids is 1. The molecule has 0 aliphatic carbocycles. The molecule has 2 aromatic heterocycles. The Morgan fingerprint density at radius 3 is 2.06 bits per heavy atom. The van der Waals surface area contributed by atoms with Crippen LogP contribution in [0.15, 0.2) is 66.9 Å². The molecule has 4 rings (SSSR count). The summed E-state index contributed by atoms with van der Waals surface area (Å²) in [7, 11) is 0. The van der Waals surface area contributed by atoms with Crippen molar-refractivity contribution in [1.29, 1.82) is 0 Å². The topological polar surface area (TPSA) is 76.0 Å². The summed E-state index contributed by atoms with van der Waals surface area (Å²) in [6, 6.07) is 12.3. The van der Waals surface area contributed by atoms with Gasteiger partial charge in [-0.25, -0.2) is 14.8 Å². The zero-order chi connectivity index (χ0) is 26.3. The largest absolute Gasteiger partial charge is 0.478 e. The molecule has 0 amide bonds. The van der Waals surface area contributed by atoms with Gasteiger partial charge in [0.15, 0.2) is 5.82 Å². The number of benzene rings is 2. The highest BCUT2D eigenvalue weighted by atomic mass is 35.5. The molecular formula is C24H12ClF6N3O2. The van der Waals surface area contributed by atoms with E-state index in [0.29, 0.717) is 23.3 Å². The molecule has 5 nitrogen and oxygen atoms in total. The molecule has 0 saturated carbocycles. The molecule has 2 aromatic carbocycles. The van der Waals surface area contributed by atoms with Crippen molar-refractivity contribution in [2.45, 2.75) is 12.4 Å². The molecule has 184 valence electrons. The van der Waals surface area contributed by atoms with E-state index >= 15 is 0 Å². The minimum atomic E-state index is -4.86. The van der Waals surface area contributed by atoms with Crippen molar-refractivity contribution in [3.8, 4) is 33.8 Å². The summed E-state index contributed by atoms with van der Waals surface area (Å²) in [5.41, 5.74) is -1.85. The number of aromatic nitrogens is 3. The molecule has 36 heavy (non-hydrogen) atoms. The van der Waals surface area contributed by atoms with Crippen molar-refractivity contribution in [2.75, 3.05) is 0 Å². The SMILES string of the molecule is O=C(O)c1ccc(-c2cccc(-c3nc(-c4ccc(C(F)(F)F)nc4)cc(C(F)(F)F)n3)c2)c(Cl)c1. The second-order valence-electron chi connectivity index (χ2n) is 7.47. The van der Waals surface area contributed by atoms with E-state index in [2.05, 4.69) is 15.0 Å². The average molecular weight is 524 g/mol. The number of alkyl halides is 6. The van der Waals surface area contributed by atoms with E-state index < -0.39 is 29.7 Å². The number of carboxylic acid groups (broad SMARTS) is 1. The predicted molar refractivity (Wildman–Crippen MR) is 118 cm³/mol. The maximum absolute atomic E-state index is 13.6. The summed E-state index contributed by atoms with van der Waals surface area (Å²) in [6.45, 7) is 0. The van der Waals surface area contributed by atoms with Gasteiger partial charge in [-0.3, -0.25) is 4.98 Å². The lowest BCUT2D eigenvalue weighted by Gasteiger charge is -2.12. The first-order valence-corrected chi connectivity index (χ1v) is 10.3. The Balaban J connectivity index is 1.81. The van der Waals surface area contributed by atoms with Crippen molar-refractivity contribution in [3.05, 3.63) is 88.8 Å². The fraction of sp³-hybridized carbons (Fsp3) is 0.0833. The van der Waals surface area contributed by atoms with Crippen molar-refractivity contribution in [3.63, 3.8) is 0 Å². The van der Waals surface area contributed by atoms with Gasteiger partial charge in [0.05, 0.1) is 11.3 Å². The highest BCUT2D eigenvalue weighted by Crippen LogP contribution is 2.35. The van der Waals surface area contributed by atoms with Crippen LogP contribution in [0.3, 0.4) is 0 Å². The van der Waals surface area contributed by atoms with Crippen LogP contribution in [0.2, 0.25) is 5.02 Å². The molecule has 0 fully saturated rings. The van der Waals surface area contributed by atoms with E-state index in [0.717, 1.165) is 12.3 Å². The molecule has 1 N–H and O–H groups in total. The van der Waals surface area contributed by atoms with Gasteiger partial charge in [0.1, 0.15) is 11.4 Å². The Morgan fingerprint density at radius 1 is 0.778 bits per heavy atom. The Bertz CT molecular complexity index is 1450. The van der Waals surface area contributed by atoms with E-state index in [9.17, 15) is 31.1 Å². The molecule has 0 atom stereocenters.